The number of imidazole rings is 1. The van der Waals surface area contributed by atoms with E-state index in [1.54, 1.807) is 0 Å². The number of likely N-dealkylation sites (tertiary alicyclic amines) is 1. The molecule has 0 radical (unpaired) electrons. The molecule has 1 N–H and O–H groups in total. The first kappa shape index (κ1) is 15.9. The lowest BCUT2D eigenvalue weighted by Crippen LogP contribution is -2.31. The van der Waals surface area contributed by atoms with Crippen molar-refractivity contribution in [2.24, 2.45) is 0 Å². The molecule has 6 heteroatoms. The van der Waals surface area contributed by atoms with E-state index in [0.29, 0.717) is 13.0 Å². The summed E-state index contributed by atoms with van der Waals surface area (Å²) in [5.74, 6) is 1.08. The lowest BCUT2D eigenvalue weighted by Gasteiger charge is -2.23. The predicted octanol–water partition coefficient (Wildman–Crippen LogP) is 3.13. The van der Waals surface area contributed by atoms with Crippen LogP contribution in [0.25, 0.3) is 11.0 Å². The molecular formula is C19H23N5O. The van der Waals surface area contributed by atoms with Crippen molar-refractivity contribution in [3.05, 3.63) is 47.5 Å². The fourth-order valence-corrected chi connectivity index (χ4v) is 3.73. The zero-order chi connectivity index (χ0) is 17.4. The molecule has 1 fully saturated rings. The number of para-hydroxylation sites is 2. The number of rotatable bonds is 4. The summed E-state index contributed by atoms with van der Waals surface area (Å²) in [6, 6.07) is 10.1. The van der Waals surface area contributed by atoms with Crippen LogP contribution in [-0.4, -0.2) is 37.1 Å². The molecular weight excluding hydrogens is 314 g/mol. The summed E-state index contributed by atoms with van der Waals surface area (Å²) < 4.78 is 1.92. The van der Waals surface area contributed by atoms with Gasteiger partial charge in [-0.25, -0.2) is 4.98 Å². The van der Waals surface area contributed by atoms with Gasteiger partial charge in [0.25, 0.3) is 0 Å². The summed E-state index contributed by atoms with van der Waals surface area (Å²) in [5, 5.41) is 4.44. The standard InChI is InChI=1S/C19H23N5O/c1-13-12-14(2)24(22-13)11-9-18(25)23-10-5-8-17(23)19-20-15-6-3-4-7-16(15)21-19/h3-4,6-7,12,17H,5,8-11H2,1-2H3,(H,20,21)/t17-/m0/s1. The molecule has 1 atom stereocenters. The molecule has 0 saturated carbocycles. The van der Waals surface area contributed by atoms with Gasteiger partial charge in [0, 0.05) is 25.2 Å². The maximum atomic E-state index is 12.8. The van der Waals surface area contributed by atoms with Crippen molar-refractivity contribution in [1.29, 1.82) is 0 Å². The highest BCUT2D eigenvalue weighted by Crippen LogP contribution is 2.31. The van der Waals surface area contributed by atoms with Crippen LogP contribution in [0.1, 0.15) is 42.5 Å². The third kappa shape index (κ3) is 3.04. The van der Waals surface area contributed by atoms with Gasteiger partial charge in [0.2, 0.25) is 5.91 Å². The van der Waals surface area contributed by atoms with Crippen LogP contribution < -0.4 is 0 Å². The van der Waals surface area contributed by atoms with Crippen molar-refractivity contribution in [1.82, 2.24) is 24.6 Å². The molecule has 1 saturated heterocycles. The van der Waals surface area contributed by atoms with Gasteiger partial charge < -0.3 is 9.88 Å². The minimum absolute atomic E-state index is 0.0559. The van der Waals surface area contributed by atoms with Crippen LogP contribution >= 0.6 is 0 Å². The number of carbonyl (C=O) groups is 1. The number of H-pyrrole nitrogens is 1. The van der Waals surface area contributed by atoms with E-state index in [1.165, 1.54) is 0 Å². The van der Waals surface area contributed by atoms with Gasteiger partial charge in [-0.05, 0) is 44.9 Å². The molecule has 25 heavy (non-hydrogen) atoms. The van der Waals surface area contributed by atoms with Crippen LogP contribution in [0.3, 0.4) is 0 Å². The molecule has 2 aromatic heterocycles. The third-order valence-corrected chi connectivity index (χ3v) is 4.94. The summed E-state index contributed by atoms with van der Waals surface area (Å²) in [6.07, 6.45) is 2.46. The first-order valence-corrected chi connectivity index (χ1v) is 8.87. The molecule has 1 amide bonds. The first-order chi connectivity index (χ1) is 12.1. The number of fused-ring (bicyclic) bond motifs is 1. The molecule has 3 heterocycles. The quantitative estimate of drug-likeness (QED) is 0.795. The molecule has 1 aromatic carbocycles. The van der Waals surface area contributed by atoms with Crippen LogP contribution in [0.2, 0.25) is 0 Å². The Bertz CT molecular complexity index is 877. The van der Waals surface area contributed by atoms with Gasteiger partial charge in [-0.2, -0.15) is 5.10 Å². The SMILES string of the molecule is Cc1cc(C)n(CCC(=O)N2CCC[C@H]2c2nc3ccccc3[nH]2)n1. The number of carbonyl (C=O) groups excluding carboxylic acids is 1. The molecule has 3 aromatic rings. The number of hydrogen-bond acceptors (Lipinski definition) is 3. The number of amides is 1. The van der Waals surface area contributed by atoms with Crippen LogP contribution in [0.15, 0.2) is 30.3 Å². The van der Waals surface area contributed by atoms with Crippen LogP contribution in [0.5, 0.6) is 0 Å². The molecule has 130 valence electrons. The summed E-state index contributed by atoms with van der Waals surface area (Å²) >= 11 is 0. The summed E-state index contributed by atoms with van der Waals surface area (Å²) in [4.78, 5) is 22.8. The van der Waals surface area contributed by atoms with Gasteiger partial charge in [-0.1, -0.05) is 12.1 Å². The highest BCUT2D eigenvalue weighted by Gasteiger charge is 2.31. The van der Waals surface area contributed by atoms with Crippen molar-refractivity contribution in [2.75, 3.05) is 6.54 Å². The fraction of sp³-hybridized carbons (Fsp3) is 0.421. The maximum Gasteiger partial charge on any atom is 0.225 e. The highest BCUT2D eigenvalue weighted by molar-refractivity contribution is 5.78. The van der Waals surface area contributed by atoms with Crippen LogP contribution in [-0.2, 0) is 11.3 Å². The average Bonchev–Trinajstić information content (AvgIpc) is 3.29. The third-order valence-electron chi connectivity index (χ3n) is 4.94. The largest absolute Gasteiger partial charge is 0.340 e. The number of nitrogens with one attached hydrogen (secondary N) is 1. The van der Waals surface area contributed by atoms with E-state index in [2.05, 4.69) is 10.1 Å². The van der Waals surface area contributed by atoms with Gasteiger partial charge in [0.15, 0.2) is 0 Å². The summed E-state index contributed by atoms with van der Waals surface area (Å²) in [6.45, 7) is 5.43. The topological polar surface area (TPSA) is 66.8 Å². The van der Waals surface area contributed by atoms with Crippen molar-refractivity contribution >= 4 is 16.9 Å². The monoisotopic (exact) mass is 337 g/mol. The average molecular weight is 337 g/mol. The Morgan fingerprint density at radius 2 is 2.16 bits per heavy atom. The number of benzene rings is 1. The Hall–Kier alpha value is -2.63. The van der Waals surface area contributed by atoms with Crippen molar-refractivity contribution in [2.45, 2.75) is 45.7 Å². The van der Waals surface area contributed by atoms with Crippen LogP contribution in [0.4, 0.5) is 0 Å². The van der Waals surface area contributed by atoms with E-state index in [-0.39, 0.29) is 11.9 Å². The zero-order valence-electron chi connectivity index (χ0n) is 14.7. The first-order valence-electron chi connectivity index (χ1n) is 8.87. The molecule has 0 bridgehead atoms. The molecule has 0 spiro atoms. The van der Waals surface area contributed by atoms with E-state index < -0.39 is 0 Å². The Balaban J connectivity index is 1.48. The van der Waals surface area contributed by atoms with E-state index in [1.807, 2.05) is 53.8 Å². The normalized spacial score (nSPS) is 17.5. The van der Waals surface area contributed by atoms with Gasteiger partial charge in [-0.15, -0.1) is 0 Å². The van der Waals surface area contributed by atoms with Crippen LogP contribution in [0, 0.1) is 13.8 Å². The van der Waals surface area contributed by atoms with Crippen molar-refractivity contribution < 1.29 is 4.79 Å². The second kappa shape index (κ2) is 6.35. The fourth-order valence-electron chi connectivity index (χ4n) is 3.73. The lowest BCUT2D eigenvalue weighted by molar-refractivity contribution is -0.132. The second-order valence-corrected chi connectivity index (χ2v) is 6.78. The van der Waals surface area contributed by atoms with Crippen molar-refractivity contribution in [3.63, 3.8) is 0 Å². The highest BCUT2D eigenvalue weighted by atomic mass is 16.2. The summed E-state index contributed by atoms with van der Waals surface area (Å²) in [7, 11) is 0. The molecule has 4 rings (SSSR count). The predicted molar refractivity (Wildman–Crippen MR) is 96.1 cm³/mol. The number of hydrogen-bond donors (Lipinski definition) is 1. The maximum absolute atomic E-state index is 12.8. The number of nitrogens with zero attached hydrogens (tertiary/aromatic N) is 4. The van der Waals surface area contributed by atoms with E-state index in [4.69, 9.17) is 4.98 Å². The van der Waals surface area contributed by atoms with E-state index >= 15 is 0 Å². The lowest BCUT2D eigenvalue weighted by atomic mass is 10.2. The minimum atomic E-state index is 0.0559. The van der Waals surface area contributed by atoms with Gasteiger partial charge in [0.1, 0.15) is 5.82 Å². The van der Waals surface area contributed by atoms with Crippen molar-refractivity contribution in [3.8, 4) is 0 Å². The Morgan fingerprint density at radius 3 is 2.92 bits per heavy atom. The molecule has 1 aliphatic rings. The van der Waals surface area contributed by atoms with Gasteiger partial charge >= 0.3 is 0 Å². The molecule has 6 nitrogen and oxygen atoms in total. The number of aromatic nitrogens is 4. The molecule has 1 aliphatic heterocycles. The Kier molecular flexibility index (Phi) is 4.03. The van der Waals surface area contributed by atoms with Gasteiger partial charge in [-0.3, -0.25) is 9.48 Å². The van der Waals surface area contributed by atoms with Gasteiger partial charge in [0.05, 0.1) is 22.8 Å². The molecule has 0 aliphatic carbocycles. The van der Waals surface area contributed by atoms with E-state index in [0.717, 1.165) is 47.6 Å². The number of aryl methyl sites for hydroxylation is 3. The summed E-state index contributed by atoms with van der Waals surface area (Å²) in [5.41, 5.74) is 4.07. The second-order valence-electron chi connectivity index (χ2n) is 6.78. The molecule has 0 unspecified atom stereocenters. The Labute approximate surface area is 146 Å². The van der Waals surface area contributed by atoms with E-state index in [9.17, 15) is 4.79 Å². The number of aromatic amines is 1. The smallest absolute Gasteiger partial charge is 0.225 e. The zero-order valence-corrected chi connectivity index (χ0v) is 14.7. The minimum Gasteiger partial charge on any atom is -0.340 e. The Morgan fingerprint density at radius 1 is 1.32 bits per heavy atom.